The normalized spacial score (nSPS) is 14.2. The fourth-order valence-electron chi connectivity index (χ4n) is 2.90. The first kappa shape index (κ1) is 16.3. The number of rotatable bonds is 4. The van der Waals surface area contributed by atoms with E-state index in [0.717, 1.165) is 24.6 Å². The zero-order valence-electron chi connectivity index (χ0n) is 14.4. The molecule has 1 aliphatic heterocycles. The van der Waals surface area contributed by atoms with Gasteiger partial charge in [-0.05, 0) is 45.7 Å². The van der Waals surface area contributed by atoms with Crippen LogP contribution < -0.4 is 15.5 Å². The van der Waals surface area contributed by atoms with Gasteiger partial charge in [-0.2, -0.15) is 5.10 Å². The van der Waals surface area contributed by atoms with Crippen LogP contribution in [0.4, 0.5) is 22.1 Å². The Labute approximate surface area is 142 Å². The van der Waals surface area contributed by atoms with E-state index in [0.29, 0.717) is 11.5 Å². The molecule has 7 nitrogen and oxygen atoms in total. The van der Waals surface area contributed by atoms with E-state index in [1.807, 2.05) is 32.9 Å². The van der Waals surface area contributed by atoms with E-state index in [9.17, 15) is 4.79 Å². The summed E-state index contributed by atoms with van der Waals surface area (Å²) in [5.74, 6) is 1.65. The van der Waals surface area contributed by atoms with Crippen molar-refractivity contribution in [1.82, 2.24) is 14.8 Å². The Balaban J connectivity index is 1.66. The largest absolute Gasteiger partial charge is 0.357 e. The van der Waals surface area contributed by atoms with E-state index in [2.05, 4.69) is 25.6 Å². The number of amides is 2. The minimum atomic E-state index is -0.295. The molecular weight excluding hydrogens is 304 g/mol. The van der Waals surface area contributed by atoms with Crippen LogP contribution in [0.5, 0.6) is 0 Å². The van der Waals surface area contributed by atoms with Crippen LogP contribution in [0.3, 0.4) is 0 Å². The molecular formula is C17H24N6O. The van der Waals surface area contributed by atoms with Gasteiger partial charge in [-0.1, -0.05) is 0 Å². The number of hydrogen-bond donors (Lipinski definition) is 2. The van der Waals surface area contributed by atoms with Gasteiger partial charge in [0.05, 0.1) is 17.6 Å². The van der Waals surface area contributed by atoms with Gasteiger partial charge in [-0.25, -0.2) is 14.5 Å². The number of nitrogens with zero attached hydrogens (tertiary/aromatic N) is 4. The second-order valence-electron chi connectivity index (χ2n) is 6.33. The van der Waals surface area contributed by atoms with Crippen molar-refractivity contribution in [3.05, 3.63) is 30.1 Å². The maximum absolute atomic E-state index is 12.2. The van der Waals surface area contributed by atoms with E-state index >= 15 is 0 Å². The molecule has 0 atom stereocenters. The number of nitrogens with one attached hydrogen (secondary N) is 2. The van der Waals surface area contributed by atoms with Crippen molar-refractivity contribution in [1.29, 1.82) is 0 Å². The molecule has 0 aliphatic carbocycles. The Kier molecular flexibility index (Phi) is 4.69. The van der Waals surface area contributed by atoms with Crippen molar-refractivity contribution in [2.75, 3.05) is 28.6 Å². The van der Waals surface area contributed by atoms with E-state index in [4.69, 9.17) is 0 Å². The highest BCUT2D eigenvalue weighted by Gasteiger charge is 2.15. The van der Waals surface area contributed by atoms with Crippen LogP contribution in [0.25, 0.3) is 0 Å². The average molecular weight is 328 g/mol. The predicted octanol–water partition coefficient (Wildman–Crippen LogP) is 3.41. The van der Waals surface area contributed by atoms with Gasteiger partial charge in [-0.15, -0.1) is 0 Å². The summed E-state index contributed by atoms with van der Waals surface area (Å²) in [4.78, 5) is 19.1. The highest BCUT2D eigenvalue weighted by molar-refractivity contribution is 5.99. The number of aromatic nitrogens is 3. The molecule has 128 valence electrons. The van der Waals surface area contributed by atoms with Crippen LogP contribution in [-0.4, -0.2) is 33.9 Å². The molecule has 2 aromatic rings. The van der Waals surface area contributed by atoms with Crippen molar-refractivity contribution < 1.29 is 4.79 Å². The molecule has 1 aliphatic rings. The maximum atomic E-state index is 12.2. The number of carbonyl (C=O) groups is 1. The van der Waals surface area contributed by atoms with E-state index in [-0.39, 0.29) is 12.1 Å². The Morgan fingerprint density at radius 2 is 1.92 bits per heavy atom. The lowest BCUT2D eigenvalue weighted by molar-refractivity contribution is 0.262. The third-order valence-corrected chi connectivity index (χ3v) is 4.15. The summed E-state index contributed by atoms with van der Waals surface area (Å²) in [5, 5.41) is 9.90. The molecule has 3 heterocycles. The molecule has 0 spiro atoms. The first-order valence-electron chi connectivity index (χ1n) is 8.38. The molecule has 0 bridgehead atoms. The SMILES string of the molecule is Cc1nc(N2CCCC2)ccc1NC(=O)Nc1ccnn1C(C)C. The van der Waals surface area contributed by atoms with Crippen molar-refractivity contribution in [2.24, 2.45) is 0 Å². The van der Waals surface area contributed by atoms with E-state index in [1.54, 1.807) is 16.9 Å². The number of pyridine rings is 1. The average Bonchev–Trinajstić information content (AvgIpc) is 3.20. The first-order chi connectivity index (χ1) is 11.5. The number of carbonyl (C=O) groups excluding carboxylic acids is 1. The van der Waals surface area contributed by atoms with Gasteiger partial charge in [-0.3, -0.25) is 5.32 Å². The summed E-state index contributed by atoms with van der Waals surface area (Å²) in [7, 11) is 0. The molecule has 7 heteroatoms. The summed E-state index contributed by atoms with van der Waals surface area (Å²) < 4.78 is 1.77. The van der Waals surface area contributed by atoms with Crippen LogP contribution in [0.2, 0.25) is 0 Å². The molecule has 1 saturated heterocycles. The third-order valence-electron chi connectivity index (χ3n) is 4.15. The van der Waals surface area contributed by atoms with Gasteiger partial charge in [0.2, 0.25) is 0 Å². The van der Waals surface area contributed by atoms with E-state index < -0.39 is 0 Å². The van der Waals surface area contributed by atoms with Crippen LogP contribution in [0, 0.1) is 6.92 Å². The first-order valence-corrected chi connectivity index (χ1v) is 8.38. The van der Waals surface area contributed by atoms with Gasteiger partial charge in [0, 0.05) is 25.2 Å². The minimum absolute atomic E-state index is 0.179. The zero-order valence-corrected chi connectivity index (χ0v) is 14.4. The lowest BCUT2D eigenvalue weighted by Crippen LogP contribution is -2.23. The summed E-state index contributed by atoms with van der Waals surface area (Å²) in [6.45, 7) is 8.05. The second kappa shape index (κ2) is 6.90. The topological polar surface area (TPSA) is 75.1 Å². The molecule has 24 heavy (non-hydrogen) atoms. The summed E-state index contributed by atoms with van der Waals surface area (Å²) in [5.41, 5.74) is 1.53. The van der Waals surface area contributed by atoms with Gasteiger partial charge in [0.15, 0.2) is 0 Å². The summed E-state index contributed by atoms with van der Waals surface area (Å²) in [6, 6.07) is 5.54. The Bertz CT molecular complexity index is 718. The molecule has 0 saturated carbocycles. The predicted molar refractivity (Wildman–Crippen MR) is 95.7 cm³/mol. The molecule has 2 amide bonds. The molecule has 3 rings (SSSR count). The highest BCUT2D eigenvalue weighted by atomic mass is 16.2. The van der Waals surface area contributed by atoms with Gasteiger partial charge in [0.25, 0.3) is 0 Å². The number of hydrogen-bond acceptors (Lipinski definition) is 4. The lowest BCUT2D eigenvalue weighted by atomic mass is 10.3. The van der Waals surface area contributed by atoms with Crippen molar-refractivity contribution in [2.45, 2.75) is 39.7 Å². The summed E-state index contributed by atoms with van der Waals surface area (Å²) >= 11 is 0. The molecule has 0 unspecified atom stereocenters. The number of urea groups is 1. The molecule has 0 radical (unpaired) electrons. The molecule has 0 aromatic carbocycles. The standard InChI is InChI=1S/C17H24N6O/c1-12(2)23-16(8-9-18-23)21-17(24)20-14-6-7-15(19-13(14)3)22-10-4-5-11-22/h6-9,12H,4-5,10-11H2,1-3H3,(H2,20,21,24). The van der Waals surface area contributed by atoms with Crippen molar-refractivity contribution >= 4 is 23.4 Å². The molecule has 2 N–H and O–H groups in total. The molecule has 1 fully saturated rings. The number of aryl methyl sites for hydroxylation is 1. The second-order valence-corrected chi connectivity index (χ2v) is 6.33. The Morgan fingerprint density at radius 3 is 2.58 bits per heavy atom. The Morgan fingerprint density at radius 1 is 1.17 bits per heavy atom. The Hall–Kier alpha value is -2.57. The molecule has 2 aromatic heterocycles. The monoisotopic (exact) mass is 328 g/mol. The van der Waals surface area contributed by atoms with Crippen LogP contribution in [0.1, 0.15) is 38.4 Å². The number of anilines is 3. The van der Waals surface area contributed by atoms with Crippen molar-refractivity contribution in [3.8, 4) is 0 Å². The van der Waals surface area contributed by atoms with Crippen LogP contribution in [0.15, 0.2) is 24.4 Å². The van der Waals surface area contributed by atoms with Crippen LogP contribution in [-0.2, 0) is 0 Å². The van der Waals surface area contributed by atoms with Crippen molar-refractivity contribution in [3.63, 3.8) is 0 Å². The van der Waals surface area contributed by atoms with E-state index in [1.165, 1.54) is 12.8 Å². The smallest absolute Gasteiger partial charge is 0.324 e. The van der Waals surface area contributed by atoms with Crippen LogP contribution >= 0.6 is 0 Å². The quantitative estimate of drug-likeness (QED) is 0.902. The fraction of sp³-hybridized carbons (Fsp3) is 0.471. The summed E-state index contributed by atoms with van der Waals surface area (Å²) in [6.07, 6.45) is 4.10. The van der Waals surface area contributed by atoms with Gasteiger partial charge < -0.3 is 10.2 Å². The minimum Gasteiger partial charge on any atom is -0.357 e. The fourth-order valence-corrected chi connectivity index (χ4v) is 2.90. The lowest BCUT2D eigenvalue weighted by Gasteiger charge is -2.18. The third kappa shape index (κ3) is 3.50. The van der Waals surface area contributed by atoms with Gasteiger partial charge >= 0.3 is 6.03 Å². The zero-order chi connectivity index (χ0) is 17.1. The maximum Gasteiger partial charge on any atom is 0.324 e. The highest BCUT2D eigenvalue weighted by Crippen LogP contribution is 2.22. The van der Waals surface area contributed by atoms with Gasteiger partial charge in [0.1, 0.15) is 11.6 Å².